The summed E-state index contributed by atoms with van der Waals surface area (Å²) >= 11 is 0. The Morgan fingerprint density at radius 3 is 2.36 bits per heavy atom. The minimum atomic E-state index is -0.883. The first-order chi connectivity index (χ1) is 10.2. The largest absolute Gasteiger partial charge is 0.368 e. The topological polar surface area (TPSA) is 84.2 Å². The van der Waals surface area contributed by atoms with Crippen molar-refractivity contribution in [3.63, 3.8) is 0 Å². The Bertz CT molecular complexity index is 492. The smallest absolute Gasteiger partial charge is 0.243 e. The number of amides is 2. The lowest BCUT2D eigenvalue weighted by Crippen LogP contribution is -2.80. The Hall–Kier alpha value is -1.10. The summed E-state index contributed by atoms with van der Waals surface area (Å²) in [5.41, 5.74) is 4.74. The van der Waals surface area contributed by atoms with Crippen LogP contribution in [0.15, 0.2) is 0 Å². The van der Waals surface area contributed by atoms with Gasteiger partial charge in [-0.1, -0.05) is 27.7 Å². The molecule has 3 saturated heterocycles. The van der Waals surface area contributed by atoms with E-state index in [4.69, 9.17) is 5.73 Å². The summed E-state index contributed by atoms with van der Waals surface area (Å²) in [5, 5.41) is 6.67. The Morgan fingerprint density at radius 2 is 1.86 bits per heavy atom. The van der Waals surface area contributed by atoms with Gasteiger partial charge >= 0.3 is 0 Å². The Balaban J connectivity index is 2.16. The van der Waals surface area contributed by atoms with Gasteiger partial charge in [-0.15, -0.1) is 0 Å². The third-order valence-corrected chi connectivity index (χ3v) is 6.09. The van der Waals surface area contributed by atoms with Gasteiger partial charge in [-0.05, 0) is 43.6 Å². The first-order valence-corrected chi connectivity index (χ1v) is 8.59. The average Bonchev–Trinajstić information content (AvgIpc) is 2.75. The van der Waals surface area contributed by atoms with E-state index in [1.807, 2.05) is 0 Å². The van der Waals surface area contributed by atoms with Gasteiger partial charge in [0.15, 0.2) is 0 Å². The highest BCUT2D eigenvalue weighted by atomic mass is 16.2. The molecular formula is C17H29N3O2. The van der Waals surface area contributed by atoms with Crippen LogP contribution in [0.2, 0.25) is 0 Å². The van der Waals surface area contributed by atoms with Gasteiger partial charge in [-0.25, -0.2) is 0 Å². The minimum Gasteiger partial charge on any atom is -0.368 e. The van der Waals surface area contributed by atoms with Gasteiger partial charge in [0.1, 0.15) is 5.54 Å². The number of carbonyl (C=O) groups excluding carboxylic acids is 2. The number of primary amides is 1. The standard InChI is InChI=1S/C17H29N3O2/c1-9(2)5-16(6-10(3)4)13-12-11(8-19-13)7-17(16,15(18)22)20-14(12)21/h9-13,19H,5-8H2,1-4H3,(H2,18,22)(H,20,21). The highest BCUT2D eigenvalue weighted by molar-refractivity contribution is 5.96. The molecule has 2 amide bonds. The molecule has 0 radical (unpaired) electrons. The van der Waals surface area contributed by atoms with Gasteiger partial charge in [0.25, 0.3) is 0 Å². The molecule has 5 nitrogen and oxygen atoms in total. The summed E-state index contributed by atoms with van der Waals surface area (Å²) in [5.74, 6) is 0.823. The van der Waals surface area contributed by atoms with E-state index in [1.165, 1.54) is 0 Å². The molecule has 4 fully saturated rings. The van der Waals surface area contributed by atoms with E-state index in [0.29, 0.717) is 18.3 Å². The molecule has 4 atom stereocenters. The second-order valence-electron chi connectivity index (χ2n) is 8.49. The van der Waals surface area contributed by atoms with Crippen molar-refractivity contribution in [3.8, 4) is 0 Å². The molecule has 5 heteroatoms. The maximum atomic E-state index is 12.6. The van der Waals surface area contributed by atoms with Crippen LogP contribution in [-0.2, 0) is 9.59 Å². The number of hydrogen-bond acceptors (Lipinski definition) is 3. The Morgan fingerprint density at radius 1 is 1.27 bits per heavy atom. The molecule has 4 N–H and O–H groups in total. The first-order valence-electron chi connectivity index (χ1n) is 8.59. The highest BCUT2D eigenvalue weighted by Crippen LogP contribution is 2.60. The molecule has 22 heavy (non-hydrogen) atoms. The van der Waals surface area contributed by atoms with Crippen LogP contribution < -0.4 is 16.4 Å². The predicted octanol–water partition coefficient (Wildman–Crippen LogP) is 1.03. The van der Waals surface area contributed by atoms with E-state index >= 15 is 0 Å². The zero-order chi connectivity index (χ0) is 16.3. The molecule has 1 saturated carbocycles. The zero-order valence-electron chi connectivity index (χ0n) is 14.1. The monoisotopic (exact) mass is 307 g/mol. The number of rotatable bonds is 5. The first kappa shape index (κ1) is 15.8. The molecule has 3 aliphatic heterocycles. The number of piperidine rings is 2. The summed E-state index contributed by atoms with van der Waals surface area (Å²) < 4.78 is 0. The zero-order valence-corrected chi connectivity index (χ0v) is 14.1. The predicted molar refractivity (Wildman–Crippen MR) is 84.8 cm³/mol. The van der Waals surface area contributed by atoms with Gasteiger partial charge in [0.2, 0.25) is 11.8 Å². The fourth-order valence-electron chi connectivity index (χ4n) is 5.79. The lowest BCUT2D eigenvalue weighted by molar-refractivity contribution is -0.165. The van der Waals surface area contributed by atoms with Crippen molar-refractivity contribution in [1.29, 1.82) is 0 Å². The molecule has 0 aromatic heterocycles. The van der Waals surface area contributed by atoms with Crippen molar-refractivity contribution in [2.75, 3.05) is 6.54 Å². The average molecular weight is 307 g/mol. The number of nitrogens with two attached hydrogens (primary N) is 1. The van der Waals surface area contributed by atoms with Gasteiger partial charge in [-0.3, -0.25) is 9.59 Å². The highest BCUT2D eigenvalue weighted by Gasteiger charge is 2.72. The number of hydrogen-bond donors (Lipinski definition) is 3. The molecule has 124 valence electrons. The van der Waals surface area contributed by atoms with Crippen LogP contribution in [0.4, 0.5) is 0 Å². The molecule has 0 aromatic rings. The Kier molecular flexibility index (Phi) is 3.55. The van der Waals surface area contributed by atoms with Crippen molar-refractivity contribution in [2.45, 2.75) is 58.5 Å². The van der Waals surface area contributed by atoms with Gasteiger partial charge in [0.05, 0.1) is 5.92 Å². The van der Waals surface area contributed by atoms with E-state index < -0.39 is 5.54 Å². The third-order valence-electron chi connectivity index (χ3n) is 6.09. The lowest BCUT2D eigenvalue weighted by atomic mass is 9.47. The van der Waals surface area contributed by atoms with Crippen LogP contribution >= 0.6 is 0 Å². The van der Waals surface area contributed by atoms with Crippen LogP contribution in [0, 0.1) is 29.1 Å². The van der Waals surface area contributed by atoms with Crippen molar-refractivity contribution < 1.29 is 9.59 Å². The maximum Gasteiger partial charge on any atom is 0.243 e. The van der Waals surface area contributed by atoms with Crippen molar-refractivity contribution >= 4 is 11.8 Å². The maximum absolute atomic E-state index is 12.6. The number of fused-ring (bicyclic) bond motifs is 1. The third kappa shape index (κ3) is 1.87. The molecule has 1 aliphatic carbocycles. The molecule has 4 aliphatic rings. The molecular weight excluding hydrogens is 278 g/mol. The van der Waals surface area contributed by atoms with Crippen LogP contribution in [-0.4, -0.2) is 29.9 Å². The summed E-state index contributed by atoms with van der Waals surface area (Å²) in [6.07, 6.45) is 2.52. The fourth-order valence-corrected chi connectivity index (χ4v) is 5.79. The lowest BCUT2D eigenvalue weighted by Gasteiger charge is -2.62. The molecule has 3 heterocycles. The SMILES string of the molecule is CC(C)CC1(CC(C)C)C2NCC3CC1(C(N)=O)NC(=O)C32. The summed E-state index contributed by atoms with van der Waals surface area (Å²) in [7, 11) is 0. The molecule has 0 spiro atoms. The molecule has 0 aromatic carbocycles. The van der Waals surface area contributed by atoms with Crippen molar-refractivity contribution in [2.24, 2.45) is 34.8 Å². The minimum absolute atomic E-state index is 0.00118. The van der Waals surface area contributed by atoms with Crippen molar-refractivity contribution in [1.82, 2.24) is 10.6 Å². The van der Waals surface area contributed by atoms with E-state index in [-0.39, 0.29) is 35.1 Å². The molecule has 4 bridgehead atoms. The summed E-state index contributed by atoms with van der Waals surface area (Å²) in [6.45, 7) is 9.58. The van der Waals surface area contributed by atoms with Crippen LogP contribution in [0.25, 0.3) is 0 Å². The normalized spacial score (nSPS) is 38.6. The molecule has 4 unspecified atom stereocenters. The van der Waals surface area contributed by atoms with E-state index in [0.717, 1.165) is 19.4 Å². The van der Waals surface area contributed by atoms with E-state index in [2.05, 4.69) is 38.3 Å². The second-order valence-corrected chi connectivity index (χ2v) is 8.49. The van der Waals surface area contributed by atoms with E-state index in [1.54, 1.807) is 0 Å². The van der Waals surface area contributed by atoms with Crippen LogP contribution in [0.1, 0.15) is 47.0 Å². The number of nitrogens with one attached hydrogen (secondary N) is 2. The number of carbonyl (C=O) groups is 2. The molecule has 4 rings (SSSR count). The Labute approximate surface area is 132 Å². The van der Waals surface area contributed by atoms with Gasteiger partial charge < -0.3 is 16.4 Å². The van der Waals surface area contributed by atoms with Gasteiger partial charge in [0, 0.05) is 11.5 Å². The summed E-state index contributed by atoms with van der Waals surface area (Å²) in [4.78, 5) is 25.1. The summed E-state index contributed by atoms with van der Waals surface area (Å²) in [6, 6.07) is 0.0808. The van der Waals surface area contributed by atoms with Crippen LogP contribution in [0.3, 0.4) is 0 Å². The van der Waals surface area contributed by atoms with Crippen LogP contribution in [0.5, 0.6) is 0 Å². The van der Waals surface area contributed by atoms with Gasteiger partial charge in [-0.2, -0.15) is 0 Å². The van der Waals surface area contributed by atoms with Crippen molar-refractivity contribution in [3.05, 3.63) is 0 Å². The van der Waals surface area contributed by atoms with E-state index in [9.17, 15) is 9.59 Å². The quantitative estimate of drug-likeness (QED) is 0.709. The fraction of sp³-hybridized carbons (Fsp3) is 0.882. The second kappa shape index (κ2) is 4.95.